The molecular formula is C23H25FN6O2. The van der Waals surface area contributed by atoms with Gasteiger partial charge in [-0.2, -0.15) is 0 Å². The van der Waals surface area contributed by atoms with Gasteiger partial charge in [-0.1, -0.05) is 6.07 Å². The molecule has 4 heterocycles. The van der Waals surface area contributed by atoms with Gasteiger partial charge in [0.25, 0.3) is 0 Å². The molecule has 4 aromatic rings. The maximum atomic E-state index is 13.1. The van der Waals surface area contributed by atoms with Gasteiger partial charge in [-0.3, -0.25) is 9.88 Å². The van der Waals surface area contributed by atoms with E-state index in [0.717, 1.165) is 21.9 Å². The molecule has 0 atom stereocenters. The van der Waals surface area contributed by atoms with Gasteiger partial charge >= 0.3 is 6.09 Å². The number of amides is 1. The van der Waals surface area contributed by atoms with E-state index in [1.54, 1.807) is 45.2 Å². The fraction of sp³-hybridized carbons (Fsp3) is 0.304. The van der Waals surface area contributed by atoms with Crippen LogP contribution in [0.5, 0.6) is 0 Å². The van der Waals surface area contributed by atoms with Gasteiger partial charge in [-0.15, -0.1) is 0 Å². The van der Waals surface area contributed by atoms with Crippen molar-refractivity contribution in [2.75, 3.05) is 23.4 Å². The van der Waals surface area contributed by atoms with Gasteiger partial charge in [0.15, 0.2) is 0 Å². The van der Waals surface area contributed by atoms with Crippen molar-refractivity contribution in [3.05, 3.63) is 48.8 Å². The van der Waals surface area contributed by atoms with Crippen molar-refractivity contribution in [1.29, 1.82) is 0 Å². The SMILES string of the molecule is Cn1c2ccncc2c2ccc(Nc3cccc(N(CCF)C(=O)OC(C)(C)C)n3)nc21. The standard InChI is InChI=1S/C23H25FN6O2/c1-23(2,3)32-22(31)30(13-11-24)20-7-5-6-18(27-20)26-19-9-8-15-16-14-25-12-10-17(16)29(4)21(15)28-19/h5-10,12,14H,11,13H2,1-4H3,(H,26,27,28). The van der Waals surface area contributed by atoms with Crippen molar-refractivity contribution in [1.82, 2.24) is 19.5 Å². The first-order chi connectivity index (χ1) is 15.3. The topological polar surface area (TPSA) is 85.2 Å². The molecule has 32 heavy (non-hydrogen) atoms. The number of carbonyl (C=O) groups excluding carboxylic acids is 1. The van der Waals surface area contributed by atoms with Gasteiger partial charge in [0.2, 0.25) is 0 Å². The Morgan fingerprint density at radius 2 is 1.91 bits per heavy atom. The van der Waals surface area contributed by atoms with Gasteiger partial charge in [0, 0.05) is 30.2 Å². The number of halogens is 1. The van der Waals surface area contributed by atoms with Crippen molar-refractivity contribution in [2.24, 2.45) is 7.05 Å². The summed E-state index contributed by atoms with van der Waals surface area (Å²) in [4.78, 5) is 27.1. The van der Waals surface area contributed by atoms with Crippen LogP contribution in [0.25, 0.3) is 21.9 Å². The number of anilines is 3. The molecular weight excluding hydrogens is 411 g/mol. The van der Waals surface area contributed by atoms with Crippen LogP contribution in [0.2, 0.25) is 0 Å². The Morgan fingerprint density at radius 3 is 2.66 bits per heavy atom. The Bertz CT molecular complexity index is 1280. The molecule has 166 valence electrons. The van der Waals surface area contributed by atoms with E-state index in [1.807, 2.05) is 36.0 Å². The molecule has 4 aromatic heterocycles. The molecule has 0 aromatic carbocycles. The average molecular weight is 436 g/mol. The first-order valence-corrected chi connectivity index (χ1v) is 10.3. The summed E-state index contributed by atoms with van der Waals surface area (Å²) in [6, 6.07) is 10.9. The molecule has 0 unspecified atom stereocenters. The van der Waals surface area contributed by atoms with Crippen LogP contribution in [0.4, 0.5) is 26.6 Å². The Kier molecular flexibility index (Phi) is 5.65. The van der Waals surface area contributed by atoms with Crippen molar-refractivity contribution >= 4 is 45.5 Å². The number of alkyl halides is 1. The van der Waals surface area contributed by atoms with Crippen LogP contribution in [0.15, 0.2) is 48.8 Å². The quantitative estimate of drug-likeness (QED) is 0.475. The van der Waals surface area contributed by atoms with Crippen molar-refractivity contribution in [3.63, 3.8) is 0 Å². The molecule has 0 saturated heterocycles. The molecule has 0 spiro atoms. The third-order valence-electron chi connectivity index (χ3n) is 4.83. The summed E-state index contributed by atoms with van der Waals surface area (Å²) in [6.07, 6.45) is 2.93. The zero-order valence-corrected chi connectivity index (χ0v) is 18.5. The molecule has 8 nitrogen and oxygen atoms in total. The number of rotatable bonds is 5. The minimum absolute atomic E-state index is 0.153. The largest absolute Gasteiger partial charge is 0.443 e. The van der Waals surface area contributed by atoms with Gasteiger partial charge in [0.05, 0.1) is 12.1 Å². The zero-order chi connectivity index (χ0) is 22.9. The maximum absolute atomic E-state index is 13.1. The molecule has 0 fully saturated rings. The number of hydrogen-bond donors (Lipinski definition) is 1. The van der Waals surface area contributed by atoms with Gasteiger partial charge < -0.3 is 14.6 Å². The molecule has 0 radical (unpaired) electrons. The van der Waals surface area contributed by atoms with E-state index in [0.29, 0.717) is 17.5 Å². The second kappa shape index (κ2) is 8.41. The number of aryl methyl sites for hydroxylation is 1. The lowest BCUT2D eigenvalue weighted by atomic mass is 10.2. The molecule has 9 heteroatoms. The Labute approximate surface area is 185 Å². The molecule has 1 N–H and O–H groups in total. The molecule has 0 aliphatic carbocycles. The molecule has 0 aliphatic rings. The predicted molar refractivity (Wildman–Crippen MR) is 123 cm³/mol. The third kappa shape index (κ3) is 4.32. The lowest BCUT2D eigenvalue weighted by Crippen LogP contribution is -2.38. The monoisotopic (exact) mass is 436 g/mol. The highest BCUT2D eigenvalue weighted by Gasteiger charge is 2.24. The lowest BCUT2D eigenvalue weighted by molar-refractivity contribution is 0.0577. The zero-order valence-electron chi connectivity index (χ0n) is 18.5. The van der Waals surface area contributed by atoms with Crippen LogP contribution in [0.3, 0.4) is 0 Å². The summed E-state index contributed by atoms with van der Waals surface area (Å²) in [5, 5.41) is 5.20. The number of ether oxygens (including phenoxy) is 1. The van der Waals surface area contributed by atoms with E-state index in [1.165, 1.54) is 4.90 Å². The fourth-order valence-corrected chi connectivity index (χ4v) is 3.46. The number of nitrogens with one attached hydrogen (secondary N) is 1. The van der Waals surface area contributed by atoms with Crippen LogP contribution in [0, 0.1) is 0 Å². The Hall–Kier alpha value is -3.75. The second-order valence-electron chi connectivity index (χ2n) is 8.35. The number of hydrogen-bond acceptors (Lipinski definition) is 6. The number of nitrogens with zero attached hydrogens (tertiary/aromatic N) is 5. The number of pyridine rings is 3. The molecule has 4 rings (SSSR count). The van der Waals surface area contributed by atoms with E-state index < -0.39 is 18.4 Å². The van der Waals surface area contributed by atoms with E-state index >= 15 is 0 Å². The lowest BCUT2D eigenvalue weighted by Gasteiger charge is -2.26. The van der Waals surface area contributed by atoms with Gasteiger partial charge in [-0.25, -0.2) is 19.2 Å². The van der Waals surface area contributed by atoms with E-state index in [4.69, 9.17) is 9.72 Å². The van der Waals surface area contributed by atoms with Gasteiger partial charge in [-0.05, 0) is 51.1 Å². The summed E-state index contributed by atoms with van der Waals surface area (Å²) in [5.74, 6) is 1.36. The smallest absolute Gasteiger partial charge is 0.416 e. The summed E-state index contributed by atoms with van der Waals surface area (Å²) in [6.45, 7) is 4.41. The fourth-order valence-electron chi connectivity index (χ4n) is 3.46. The number of carbonyl (C=O) groups is 1. The van der Waals surface area contributed by atoms with E-state index in [2.05, 4.69) is 15.3 Å². The highest BCUT2D eigenvalue weighted by Crippen LogP contribution is 2.28. The minimum Gasteiger partial charge on any atom is -0.443 e. The minimum atomic E-state index is -0.716. The third-order valence-corrected chi connectivity index (χ3v) is 4.83. The molecule has 0 bridgehead atoms. The van der Waals surface area contributed by atoms with Crippen molar-refractivity contribution < 1.29 is 13.9 Å². The molecule has 0 aliphatic heterocycles. The van der Waals surface area contributed by atoms with Crippen LogP contribution < -0.4 is 10.2 Å². The van der Waals surface area contributed by atoms with Crippen molar-refractivity contribution in [3.8, 4) is 0 Å². The molecule has 1 amide bonds. The Balaban J connectivity index is 1.63. The van der Waals surface area contributed by atoms with Crippen molar-refractivity contribution in [2.45, 2.75) is 26.4 Å². The highest BCUT2D eigenvalue weighted by atomic mass is 19.1. The van der Waals surface area contributed by atoms with Crippen LogP contribution in [-0.4, -0.2) is 44.4 Å². The van der Waals surface area contributed by atoms with Gasteiger partial charge in [0.1, 0.15) is 35.4 Å². The van der Waals surface area contributed by atoms with E-state index in [9.17, 15) is 9.18 Å². The van der Waals surface area contributed by atoms with E-state index in [-0.39, 0.29) is 6.54 Å². The summed E-state index contributed by atoms with van der Waals surface area (Å²) in [5.41, 5.74) is 1.15. The Morgan fingerprint density at radius 1 is 1.12 bits per heavy atom. The number of aromatic nitrogens is 4. The first-order valence-electron chi connectivity index (χ1n) is 10.3. The number of fused-ring (bicyclic) bond motifs is 3. The summed E-state index contributed by atoms with van der Waals surface area (Å²) >= 11 is 0. The second-order valence-corrected chi connectivity index (χ2v) is 8.35. The summed E-state index contributed by atoms with van der Waals surface area (Å²) in [7, 11) is 1.95. The normalized spacial score (nSPS) is 11.7. The van der Waals surface area contributed by atoms with Crippen LogP contribution >= 0.6 is 0 Å². The molecule has 0 saturated carbocycles. The van der Waals surface area contributed by atoms with Crippen LogP contribution in [0.1, 0.15) is 20.8 Å². The maximum Gasteiger partial charge on any atom is 0.416 e. The highest BCUT2D eigenvalue weighted by molar-refractivity contribution is 6.06. The predicted octanol–water partition coefficient (Wildman–Crippen LogP) is 4.97. The summed E-state index contributed by atoms with van der Waals surface area (Å²) < 4.78 is 20.5. The van der Waals surface area contributed by atoms with Crippen LogP contribution in [-0.2, 0) is 11.8 Å². The average Bonchev–Trinajstić information content (AvgIpc) is 3.03. The first kappa shape index (κ1) is 21.5.